The van der Waals surface area contributed by atoms with E-state index in [0.29, 0.717) is 0 Å². The Bertz CT molecular complexity index is 991. The molecule has 2 unspecified atom stereocenters. The highest BCUT2D eigenvalue weighted by Gasteiger charge is 2.30. The van der Waals surface area contributed by atoms with Gasteiger partial charge in [-0.2, -0.15) is 8.78 Å². The molecule has 0 bridgehead atoms. The summed E-state index contributed by atoms with van der Waals surface area (Å²) in [5.41, 5.74) is 10.6. The maximum Gasteiger partial charge on any atom is 0.387 e. The van der Waals surface area contributed by atoms with Crippen molar-refractivity contribution in [2.45, 2.75) is 18.6 Å². The molecule has 2 aromatic rings. The second-order valence-electron chi connectivity index (χ2n) is 6.26. The number of hydrogen-bond acceptors (Lipinski definition) is 8. The van der Waals surface area contributed by atoms with E-state index in [-0.39, 0.29) is 41.0 Å². The van der Waals surface area contributed by atoms with Gasteiger partial charge in [0.05, 0.1) is 12.3 Å². The molecule has 0 aliphatic rings. The number of amidine groups is 1. The van der Waals surface area contributed by atoms with Crippen LogP contribution in [0.2, 0.25) is 5.02 Å². The minimum atomic E-state index is -3.14. The summed E-state index contributed by atoms with van der Waals surface area (Å²) in [6, 6.07) is 4.08. The van der Waals surface area contributed by atoms with Crippen molar-refractivity contribution >= 4 is 35.3 Å². The fraction of sp³-hybridized carbons (Fsp3) is 0.263. The number of nitrogens with zero attached hydrogens (tertiary/aromatic N) is 3. The smallest absolute Gasteiger partial charge is 0.387 e. The van der Waals surface area contributed by atoms with Gasteiger partial charge in [0, 0.05) is 35.7 Å². The largest absolute Gasteiger partial charge is 0.434 e. The van der Waals surface area contributed by atoms with Crippen LogP contribution in [0, 0.1) is 10.8 Å². The fourth-order valence-corrected chi connectivity index (χ4v) is 2.78. The average Bonchev–Trinajstić information content (AvgIpc) is 2.74. The number of carbonyl (C=O) groups excluding carboxylic acids is 1. The predicted molar refractivity (Wildman–Crippen MR) is 116 cm³/mol. The monoisotopic (exact) mass is 466 g/mol. The Labute approximate surface area is 187 Å². The minimum absolute atomic E-state index is 0.0221. The molecule has 0 spiro atoms. The number of nitrogens with two attached hydrogens (primary N) is 2. The third-order valence-electron chi connectivity index (χ3n) is 3.99. The van der Waals surface area contributed by atoms with Crippen molar-refractivity contribution in [2.75, 3.05) is 13.1 Å². The van der Waals surface area contributed by atoms with Gasteiger partial charge >= 0.3 is 6.61 Å². The zero-order valence-electron chi connectivity index (χ0n) is 16.6. The molecule has 2 rings (SSSR count). The highest BCUT2D eigenvalue weighted by molar-refractivity contribution is 6.31. The van der Waals surface area contributed by atoms with E-state index in [9.17, 15) is 13.6 Å². The quantitative estimate of drug-likeness (QED) is 0.246. The summed E-state index contributed by atoms with van der Waals surface area (Å²) >= 11 is 5.97. The van der Waals surface area contributed by atoms with E-state index >= 15 is 0 Å². The average molecular weight is 467 g/mol. The summed E-state index contributed by atoms with van der Waals surface area (Å²) in [6.07, 6.45) is 3.99. The molecule has 1 heterocycles. The highest BCUT2D eigenvalue weighted by atomic mass is 35.5. The third kappa shape index (κ3) is 6.75. The number of halogens is 3. The van der Waals surface area contributed by atoms with Crippen LogP contribution in [-0.4, -0.2) is 59.4 Å². The van der Waals surface area contributed by atoms with Crippen LogP contribution in [0.4, 0.5) is 8.78 Å². The molecular formula is C19H21ClF2N8O2. The normalized spacial score (nSPS) is 13.0. The van der Waals surface area contributed by atoms with Gasteiger partial charge in [0.15, 0.2) is 5.92 Å². The first kappa shape index (κ1) is 24.8. The molecule has 7 N–H and O–H groups in total. The first-order valence-corrected chi connectivity index (χ1v) is 9.56. The number of ether oxygens (including phenoxy) is 1. The lowest BCUT2D eigenvalue weighted by molar-refractivity contribution is -0.121. The van der Waals surface area contributed by atoms with Crippen molar-refractivity contribution in [1.29, 1.82) is 10.8 Å². The van der Waals surface area contributed by atoms with Gasteiger partial charge in [-0.05, 0) is 24.3 Å². The van der Waals surface area contributed by atoms with Crippen LogP contribution in [0.25, 0.3) is 0 Å². The van der Waals surface area contributed by atoms with E-state index in [1.54, 1.807) is 0 Å². The van der Waals surface area contributed by atoms with Gasteiger partial charge in [-0.15, -0.1) is 0 Å². The third-order valence-corrected chi connectivity index (χ3v) is 4.22. The van der Waals surface area contributed by atoms with Gasteiger partial charge < -0.3 is 26.9 Å². The Hall–Kier alpha value is -3.51. The standard InChI is InChI=1S/C19H21ClF2N8O2/c20-10-2-3-13(32-19(21)22)11(8-10)15(24)12(9-27-7-4-23)30-18(31)14(16(25)26)17-28-5-1-6-29-17/h1-3,5-6,8-9,12,14,19,24H,4,7,23H2,(H3,25,26)(H,30,31). The SMILES string of the molecule is N=C(c1cc(Cl)ccc1OC(F)F)C(C=NCCN)NC(=O)C(C(=N)N)c1ncccn1. The number of aliphatic imine (C=N–C) groups is 1. The molecule has 1 aromatic heterocycles. The lowest BCUT2D eigenvalue weighted by Crippen LogP contribution is -2.47. The summed E-state index contributed by atoms with van der Waals surface area (Å²) in [7, 11) is 0. The maximum absolute atomic E-state index is 12.9. The number of hydrogen-bond donors (Lipinski definition) is 5. The van der Waals surface area contributed by atoms with Gasteiger partial charge in [0.2, 0.25) is 5.91 Å². The van der Waals surface area contributed by atoms with Crippen LogP contribution in [0.5, 0.6) is 5.75 Å². The molecule has 10 nitrogen and oxygen atoms in total. The van der Waals surface area contributed by atoms with Gasteiger partial charge in [-0.1, -0.05) is 11.6 Å². The minimum Gasteiger partial charge on any atom is -0.434 e. The summed E-state index contributed by atoms with van der Waals surface area (Å²) < 4.78 is 30.1. The molecule has 1 aromatic carbocycles. The first-order chi connectivity index (χ1) is 15.2. The molecular weight excluding hydrogens is 446 g/mol. The molecule has 170 valence electrons. The number of amides is 1. The number of aromatic nitrogens is 2. The van der Waals surface area contributed by atoms with E-state index < -0.39 is 30.3 Å². The lowest BCUT2D eigenvalue weighted by atomic mass is 10.0. The lowest BCUT2D eigenvalue weighted by Gasteiger charge is -2.21. The van der Waals surface area contributed by atoms with Crippen LogP contribution >= 0.6 is 11.6 Å². The second-order valence-corrected chi connectivity index (χ2v) is 6.69. The van der Waals surface area contributed by atoms with Crippen LogP contribution in [0.3, 0.4) is 0 Å². The van der Waals surface area contributed by atoms with Gasteiger partial charge in [-0.25, -0.2) is 9.97 Å². The summed E-state index contributed by atoms with van der Waals surface area (Å²) in [4.78, 5) is 24.9. The Morgan fingerprint density at radius 3 is 2.59 bits per heavy atom. The summed E-state index contributed by atoms with van der Waals surface area (Å²) in [6.45, 7) is -2.75. The number of nitrogens with one attached hydrogen (secondary N) is 3. The molecule has 32 heavy (non-hydrogen) atoms. The number of rotatable bonds is 11. The predicted octanol–water partition coefficient (Wildman–Crippen LogP) is 1.33. The van der Waals surface area contributed by atoms with Crippen molar-refractivity contribution < 1.29 is 18.3 Å². The van der Waals surface area contributed by atoms with Crippen LogP contribution in [0.1, 0.15) is 17.3 Å². The van der Waals surface area contributed by atoms with Crippen molar-refractivity contribution in [3.8, 4) is 5.75 Å². The van der Waals surface area contributed by atoms with E-state index in [4.69, 9.17) is 33.9 Å². The van der Waals surface area contributed by atoms with Crippen LogP contribution in [0.15, 0.2) is 41.7 Å². The number of benzene rings is 1. The van der Waals surface area contributed by atoms with Gasteiger partial charge in [0.1, 0.15) is 23.5 Å². The summed E-state index contributed by atoms with van der Waals surface area (Å²) in [5.74, 6) is -2.99. The van der Waals surface area contributed by atoms with Crippen molar-refractivity contribution in [3.63, 3.8) is 0 Å². The number of alkyl halides is 2. The van der Waals surface area contributed by atoms with Crippen molar-refractivity contribution in [1.82, 2.24) is 15.3 Å². The Morgan fingerprint density at radius 1 is 1.31 bits per heavy atom. The van der Waals surface area contributed by atoms with Gasteiger partial charge in [0.25, 0.3) is 0 Å². The second kappa shape index (κ2) is 11.8. The molecule has 0 aliphatic carbocycles. The fourth-order valence-electron chi connectivity index (χ4n) is 2.61. The molecule has 0 saturated heterocycles. The molecule has 13 heteroatoms. The molecule has 0 aliphatic heterocycles. The molecule has 0 fully saturated rings. The molecule has 2 atom stereocenters. The van der Waals surface area contributed by atoms with Crippen molar-refractivity contribution in [3.05, 3.63) is 53.1 Å². The highest BCUT2D eigenvalue weighted by Crippen LogP contribution is 2.26. The summed E-state index contributed by atoms with van der Waals surface area (Å²) in [5, 5.41) is 18.9. The van der Waals surface area contributed by atoms with Crippen LogP contribution in [-0.2, 0) is 4.79 Å². The van der Waals surface area contributed by atoms with Gasteiger partial charge in [-0.3, -0.25) is 15.2 Å². The first-order valence-electron chi connectivity index (χ1n) is 9.19. The van der Waals surface area contributed by atoms with E-state index in [0.717, 1.165) is 0 Å². The maximum atomic E-state index is 12.9. The molecule has 0 saturated carbocycles. The zero-order chi connectivity index (χ0) is 23.7. The van der Waals surface area contributed by atoms with Crippen molar-refractivity contribution in [2.24, 2.45) is 16.5 Å². The Morgan fingerprint density at radius 2 is 2.00 bits per heavy atom. The van der Waals surface area contributed by atoms with E-state index in [2.05, 4.69) is 25.0 Å². The van der Waals surface area contributed by atoms with E-state index in [1.807, 2.05) is 0 Å². The zero-order valence-corrected chi connectivity index (χ0v) is 17.4. The molecule has 0 radical (unpaired) electrons. The topological polar surface area (TPSA) is 176 Å². The molecule has 1 amide bonds. The Kier molecular flexibility index (Phi) is 9.10. The Balaban J connectivity index is 2.40. The number of carbonyl (C=O) groups is 1. The van der Waals surface area contributed by atoms with Crippen LogP contribution < -0.4 is 21.5 Å². The van der Waals surface area contributed by atoms with E-state index in [1.165, 1.54) is 42.9 Å².